The first-order chi connectivity index (χ1) is 17.6. The molecule has 0 bridgehead atoms. The summed E-state index contributed by atoms with van der Waals surface area (Å²) in [5.41, 5.74) is 1.67. The lowest BCUT2D eigenvalue weighted by atomic mass is 9.84. The van der Waals surface area contributed by atoms with Gasteiger partial charge in [-0.2, -0.15) is 0 Å². The summed E-state index contributed by atoms with van der Waals surface area (Å²) in [4.78, 5) is 29.8. The molecule has 0 aliphatic carbocycles. The van der Waals surface area contributed by atoms with Crippen molar-refractivity contribution in [3.8, 4) is 5.75 Å². The number of ether oxygens (including phenoxy) is 2. The number of nitrogens with one attached hydrogen (secondary N) is 1. The van der Waals surface area contributed by atoms with Crippen LogP contribution in [0.5, 0.6) is 5.75 Å². The predicted molar refractivity (Wildman–Crippen MR) is 133 cm³/mol. The zero-order valence-electron chi connectivity index (χ0n) is 21.0. The number of amides is 1. The number of pyridine rings is 1. The fraction of sp³-hybridized carbons (Fsp3) is 0.250. The maximum atomic E-state index is 14.0. The van der Waals surface area contributed by atoms with Crippen LogP contribution < -0.4 is 10.1 Å². The summed E-state index contributed by atoms with van der Waals surface area (Å²) in [5, 5.41) is 2.89. The second-order valence-corrected chi connectivity index (χ2v) is 9.10. The lowest BCUT2D eigenvalue weighted by Crippen LogP contribution is -2.30. The molecule has 0 radical (unpaired) electrons. The average Bonchev–Trinajstić information content (AvgIpc) is 3.23. The Hall–Kier alpha value is -4.27. The van der Waals surface area contributed by atoms with Crippen LogP contribution in [-0.2, 0) is 28.1 Å². The van der Waals surface area contributed by atoms with Gasteiger partial charge in [0.2, 0.25) is 0 Å². The molecule has 2 aromatic heterocycles. The van der Waals surface area contributed by atoms with E-state index in [1.807, 2.05) is 24.3 Å². The molecule has 1 N–H and O–H groups in total. The van der Waals surface area contributed by atoms with Crippen LogP contribution in [0.1, 0.15) is 46.7 Å². The molecule has 0 fully saturated rings. The number of nitrogens with zero attached hydrogens (tertiary/aromatic N) is 2. The number of benzene rings is 2. The smallest absolute Gasteiger partial charge is 0.315 e. The fourth-order valence-electron chi connectivity index (χ4n) is 4.07. The number of rotatable bonds is 8. The molecule has 2 heterocycles. The van der Waals surface area contributed by atoms with Gasteiger partial charge in [0.15, 0.2) is 11.4 Å². The normalized spacial score (nSPS) is 11.4. The van der Waals surface area contributed by atoms with Crippen molar-refractivity contribution in [2.75, 3.05) is 7.11 Å². The van der Waals surface area contributed by atoms with Crippen LogP contribution in [0.15, 0.2) is 60.8 Å². The molecular weight excluding hydrogens is 480 g/mol. The van der Waals surface area contributed by atoms with Gasteiger partial charge >= 0.3 is 5.97 Å². The maximum absolute atomic E-state index is 14.0. The molecule has 2 aromatic carbocycles. The second kappa shape index (κ2) is 10.4. The first-order valence-corrected chi connectivity index (χ1v) is 11.6. The Morgan fingerprint density at radius 3 is 2.46 bits per heavy atom. The zero-order chi connectivity index (χ0) is 26.7. The Morgan fingerprint density at radius 2 is 1.76 bits per heavy atom. The number of esters is 1. The van der Waals surface area contributed by atoms with Crippen LogP contribution in [-0.4, -0.2) is 28.4 Å². The SMILES string of the molecule is COC(=O)C(C)(C)c1cccc(CNC(=O)c2c(C)nc3c(OCc4c(F)cccc4F)cccn23)c1. The first kappa shape index (κ1) is 25.8. The van der Waals surface area contributed by atoms with Crippen molar-refractivity contribution in [2.24, 2.45) is 0 Å². The van der Waals surface area contributed by atoms with Gasteiger partial charge < -0.3 is 14.8 Å². The molecule has 0 spiro atoms. The van der Waals surface area contributed by atoms with Crippen molar-refractivity contribution >= 4 is 17.5 Å². The summed E-state index contributed by atoms with van der Waals surface area (Å²) in [5.74, 6) is -1.84. The van der Waals surface area contributed by atoms with Crippen molar-refractivity contribution in [2.45, 2.75) is 39.3 Å². The van der Waals surface area contributed by atoms with E-state index < -0.39 is 17.0 Å². The van der Waals surface area contributed by atoms with Gasteiger partial charge in [-0.15, -0.1) is 0 Å². The van der Waals surface area contributed by atoms with E-state index in [0.29, 0.717) is 17.0 Å². The van der Waals surface area contributed by atoms with Gasteiger partial charge in [-0.3, -0.25) is 14.0 Å². The number of methoxy groups -OCH3 is 1. The molecule has 0 aliphatic rings. The quantitative estimate of drug-likeness (QED) is 0.344. The number of hydrogen-bond donors (Lipinski definition) is 1. The van der Waals surface area contributed by atoms with Crippen LogP contribution in [0, 0.1) is 18.6 Å². The minimum Gasteiger partial charge on any atom is -0.485 e. The van der Waals surface area contributed by atoms with E-state index in [1.54, 1.807) is 43.5 Å². The van der Waals surface area contributed by atoms with Crippen molar-refractivity contribution < 1.29 is 27.8 Å². The Balaban J connectivity index is 1.53. The number of hydrogen-bond acceptors (Lipinski definition) is 5. The van der Waals surface area contributed by atoms with Crippen molar-refractivity contribution in [3.05, 3.63) is 101 Å². The Labute approximate surface area is 213 Å². The van der Waals surface area contributed by atoms with Crippen molar-refractivity contribution in [1.82, 2.24) is 14.7 Å². The molecule has 4 rings (SSSR count). The van der Waals surface area contributed by atoms with E-state index in [-0.39, 0.29) is 36.3 Å². The summed E-state index contributed by atoms with van der Waals surface area (Å²) in [6.45, 7) is 5.14. The minimum atomic E-state index is -0.838. The van der Waals surface area contributed by atoms with Gasteiger partial charge in [0.05, 0.1) is 23.8 Å². The third-order valence-electron chi connectivity index (χ3n) is 6.23. The Morgan fingerprint density at radius 1 is 1.05 bits per heavy atom. The Bertz CT molecular complexity index is 1460. The number of halogens is 2. The topological polar surface area (TPSA) is 81.9 Å². The number of imidazole rings is 1. The van der Waals surface area contributed by atoms with Gasteiger partial charge in [-0.05, 0) is 56.2 Å². The lowest BCUT2D eigenvalue weighted by Gasteiger charge is -2.22. The van der Waals surface area contributed by atoms with Crippen molar-refractivity contribution in [1.29, 1.82) is 0 Å². The molecule has 0 saturated carbocycles. The molecule has 4 aromatic rings. The number of aryl methyl sites for hydroxylation is 1. The van der Waals surface area contributed by atoms with E-state index in [1.165, 1.54) is 13.2 Å². The minimum absolute atomic E-state index is 0.191. The highest BCUT2D eigenvalue weighted by molar-refractivity contribution is 5.95. The second-order valence-electron chi connectivity index (χ2n) is 9.10. The van der Waals surface area contributed by atoms with Gasteiger partial charge in [0.25, 0.3) is 5.91 Å². The number of carbonyl (C=O) groups excluding carboxylic acids is 2. The number of carbonyl (C=O) groups is 2. The number of aromatic nitrogens is 2. The highest BCUT2D eigenvalue weighted by Crippen LogP contribution is 2.26. The van der Waals surface area contributed by atoms with E-state index in [9.17, 15) is 18.4 Å². The highest BCUT2D eigenvalue weighted by Gasteiger charge is 2.31. The van der Waals surface area contributed by atoms with Crippen LogP contribution >= 0.6 is 0 Å². The summed E-state index contributed by atoms with van der Waals surface area (Å²) in [6.07, 6.45) is 1.67. The van der Waals surface area contributed by atoms with Crippen LogP contribution in [0.3, 0.4) is 0 Å². The summed E-state index contributed by atoms with van der Waals surface area (Å²) in [6, 6.07) is 14.3. The molecule has 7 nitrogen and oxygen atoms in total. The Kier molecular flexibility index (Phi) is 7.24. The molecular formula is C28H27F2N3O4. The number of fused-ring (bicyclic) bond motifs is 1. The molecule has 0 aliphatic heterocycles. The zero-order valence-corrected chi connectivity index (χ0v) is 21.0. The molecule has 9 heteroatoms. The first-order valence-electron chi connectivity index (χ1n) is 11.6. The average molecular weight is 508 g/mol. The van der Waals surface area contributed by atoms with Crippen LogP contribution in [0.25, 0.3) is 5.65 Å². The standard InChI is InChI=1S/C28H27F2N3O4/c1-17-24(26(34)31-15-18-8-5-9-19(14-18)28(2,3)27(35)36-4)33-13-7-12-23(25(33)32-17)37-16-20-21(29)10-6-11-22(20)30/h5-14H,15-16H2,1-4H3,(H,31,34). The van der Waals surface area contributed by atoms with Gasteiger partial charge in [-0.25, -0.2) is 13.8 Å². The van der Waals surface area contributed by atoms with Crippen LogP contribution in [0.4, 0.5) is 8.78 Å². The van der Waals surface area contributed by atoms with Gasteiger partial charge in [0, 0.05) is 12.7 Å². The summed E-state index contributed by atoms with van der Waals surface area (Å²) < 4.78 is 40.2. The fourth-order valence-corrected chi connectivity index (χ4v) is 4.07. The van der Waals surface area contributed by atoms with Gasteiger partial charge in [0.1, 0.15) is 23.9 Å². The molecule has 192 valence electrons. The molecule has 0 saturated heterocycles. The maximum Gasteiger partial charge on any atom is 0.315 e. The van der Waals surface area contributed by atoms with E-state index in [0.717, 1.165) is 23.3 Å². The third kappa shape index (κ3) is 5.16. The predicted octanol–water partition coefficient (Wildman–Crippen LogP) is 4.88. The lowest BCUT2D eigenvalue weighted by molar-refractivity contribution is -0.146. The van der Waals surface area contributed by atoms with Crippen LogP contribution in [0.2, 0.25) is 0 Å². The summed E-state index contributed by atoms with van der Waals surface area (Å²) >= 11 is 0. The third-order valence-corrected chi connectivity index (χ3v) is 6.23. The highest BCUT2D eigenvalue weighted by atomic mass is 19.1. The molecule has 0 atom stereocenters. The van der Waals surface area contributed by atoms with E-state index in [4.69, 9.17) is 9.47 Å². The van der Waals surface area contributed by atoms with Gasteiger partial charge in [-0.1, -0.05) is 30.3 Å². The van der Waals surface area contributed by atoms with Crippen molar-refractivity contribution in [3.63, 3.8) is 0 Å². The molecule has 37 heavy (non-hydrogen) atoms. The van der Waals surface area contributed by atoms with E-state index in [2.05, 4.69) is 10.3 Å². The monoisotopic (exact) mass is 507 g/mol. The molecule has 1 amide bonds. The largest absolute Gasteiger partial charge is 0.485 e. The summed E-state index contributed by atoms with van der Waals surface area (Å²) in [7, 11) is 1.35. The molecule has 0 unspecified atom stereocenters. The van der Waals surface area contributed by atoms with E-state index >= 15 is 0 Å².